The molecule has 0 bridgehead atoms. The summed E-state index contributed by atoms with van der Waals surface area (Å²) in [4.78, 5) is 12.9. The molecule has 0 radical (unpaired) electrons. The van der Waals surface area contributed by atoms with Crippen molar-refractivity contribution in [2.45, 2.75) is 25.8 Å². The maximum Gasteiger partial charge on any atom is 0.410 e. The molecule has 0 aromatic carbocycles. The normalized spacial score (nSPS) is 19.5. The number of hydrogen-bond acceptors (Lipinski definition) is 3. The molecule has 1 saturated heterocycles. The molecule has 4 nitrogen and oxygen atoms in total. The van der Waals surface area contributed by atoms with Gasteiger partial charge >= 0.3 is 6.09 Å². The van der Waals surface area contributed by atoms with Crippen LogP contribution in [0.25, 0.3) is 0 Å². The molecule has 1 rings (SSSR count). The van der Waals surface area contributed by atoms with Crippen LogP contribution >= 0.6 is 0 Å². The Morgan fingerprint density at radius 3 is 2.92 bits per heavy atom. The van der Waals surface area contributed by atoms with Crippen LogP contribution in [0.1, 0.15) is 19.8 Å². The molecule has 1 atom stereocenters. The molecule has 1 heterocycles. The smallest absolute Gasteiger partial charge is 0.410 e. The lowest BCUT2D eigenvalue weighted by Crippen LogP contribution is -2.36. The van der Waals surface area contributed by atoms with E-state index in [-0.39, 0.29) is 12.1 Å². The third kappa shape index (κ3) is 1.88. The zero-order valence-corrected chi connectivity index (χ0v) is 7.45. The minimum atomic E-state index is -0.185. The van der Waals surface area contributed by atoms with E-state index in [0.29, 0.717) is 13.2 Å². The second-order valence-corrected chi connectivity index (χ2v) is 2.95. The molecule has 1 unspecified atom stereocenters. The summed E-state index contributed by atoms with van der Waals surface area (Å²) >= 11 is 0. The molecule has 0 saturated carbocycles. The van der Waals surface area contributed by atoms with E-state index >= 15 is 0 Å². The second-order valence-electron chi connectivity index (χ2n) is 2.95. The number of nitrogens with two attached hydrogens (primary N) is 1. The highest BCUT2D eigenvalue weighted by atomic mass is 16.6. The van der Waals surface area contributed by atoms with Gasteiger partial charge in [0.05, 0.1) is 6.54 Å². The average molecular weight is 172 g/mol. The van der Waals surface area contributed by atoms with E-state index in [2.05, 4.69) is 6.92 Å². The summed E-state index contributed by atoms with van der Waals surface area (Å²) in [6.45, 7) is 3.94. The fourth-order valence-corrected chi connectivity index (χ4v) is 1.51. The quantitative estimate of drug-likeness (QED) is 0.674. The van der Waals surface area contributed by atoms with Crippen molar-refractivity contribution in [3.8, 4) is 0 Å². The van der Waals surface area contributed by atoms with Crippen molar-refractivity contribution in [2.75, 3.05) is 19.7 Å². The van der Waals surface area contributed by atoms with Crippen LogP contribution in [0.3, 0.4) is 0 Å². The van der Waals surface area contributed by atoms with Crippen LogP contribution in [0.2, 0.25) is 0 Å². The molecule has 70 valence electrons. The topological polar surface area (TPSA) is 55.6 Å². The third-order valence-corrected chi connectivity index (χ3v) is 2.20. The molecule has 1 fully saturated rings. The highest BCUT2D eigenvalue weighted by Gasteiger charge is 2.27. The number of amides is 1. The van der Waals surface area contributed by atoms with Gasteiger partial charge in [-0.05, 0) is 19.4 Å². The van der Waals surface area contributed by atoms with Gasteiger partial charge in [0.2, 0.25) is 0 Å². The first-order valence-electron chi connectivity index (χ1n) is 4.43. The second kappa shape index (κ2) is 4.30. The molecule has 0 aromatic rings. The van der Waals surface area contributed by atoms with Gasteiger partial charge in [-0.3, -0.25) is 0 Å². The van der Waals surface area contributed by atoms with E-state index < -0.39 is 0 Å². The molecule has 0 spiro atoms. The van der Waals surface area contributed by atoms with E-state index in [4.69, 9.17) is 10.5 Å². The maximum absolute atomic E-state index is 11.1. The van der Waals surface area contributed by atoms with Crippen molar-refractivity contribution in [1.82, 2.24) is 4.90 Å². The summed E-state index contributed by atoms with van der Waals surface area (Å²) in [6, 6.07) is 0.269. The van der Waals surface area contributed by atoms with Crippen LogP contribution in [-0.4, -0.2) is 36.7 Å². The van der Waals surface area contributed by atoms with Gasteiger partial charge < -0.3 is 15.4 Å². The average Bonchev–Trinajstić information content (AvgIpc) is 2.47. The summed E-state index contributed by atoms with van der Waals surface area (Å²) in [5, 5.41) is 0. The molecule has 0 aliphatic carbocycles. The first-order chi connectivity index (χ1) is 5.79. The SMILES string of the molecule is CCC(CCN)N1CCOC1=O. The Hall–Kier alpha value is -0.770. The Labute approximate surface area is 72.7 Å². The van der Waals surface area contributed by atoms with Crippen LogP contribution in [0.4, 0.5) is 4.79 Å². The molecular formula is C8H16N2O2. The lowest BCUT2D eigenvalue weighted by atomic mass is 10.1. The predicted octanol–water partition coefficient (Wildman–Crippen LogP) is 0.566. The number of carbonyl (C=O) groups is 1. The molecule has 1 aliphatic rings. The largest absolute Gasteiger partial charge is 0.448 e. The highest BCUT2D eigenvalue weighted by Crippen LogP contribution is 2.13. The van der Waals surface area contributed by atoms with Crippen LogP contribution in [-0.2, 0) is 4.74 Å². The standard InChI is InChI=1S/C8H16N2O2/c1-2-7(3-4-9)10-5-6-12-8(10)11/h7H,2-6,9H2,1H3. The fraction of sp³-hybridized carbons (Fsp3) is 0.875. The van der Waals surface area contributed by atoms with E-state index in [0.717, 1.165) is 19.4 Å². The van der Waals surface area contributed by atoms with E-state index in [1.165, 1.54) is 0 Å². The summed E-state index contributed by atoms with van der Waals surface area (Å²) in [5.41, 5.74) is 5.44. The number of rotatable bonds is 4. The molecule has 1 amide bonds. The zero-order valence-electron chi connectivity index (χ0n) is 7.45. The minimum absolute atomic E-state index is 0.185. The van der Waals surface area contributed by atoms with Crippen molar-refractivity contribution in [1.29, 1.82) is 0 Å². The van der Waals surface area contributed by atoms with Gasteiger partial charge in [-0.1, -0.05) is 6.92 Å². The van der Waals surface area contributed by atoms with Crippen LogP contribution < -0.4 is 5.73 Å². The van der Waals surface area contributed by atoms with Crippen molar-refractivity contribution in [3.05, 3.63) is 0 Å². The van der Waals surface area contributed by atoms with Crippen molar-refractivity contribution < 1.29 is 9.53 Å². The summed E-state index contributed by atoms with van der Waals surface area (Å²) in [5.74, 6) is 0. The van der Waals surface area contributed by atoms with Crippen LogP contribution in [0.5, 0.6) is 0 Å². The molecule has 0 aromatic heterocycles. The van der Waals surface area contributed by atoms with Gasteiger partial charge in [0, 0.05) is 6.04 Å². The van der Waals surface area contributed by atoms with E-state index in [1.807, 2.05) is 0 Å². The lowest BCUT2D eigenvalue weighted by molar-refractivity contribution is 0.145. The van der Waals surface area contributed by atoms with Gasteiger partial charge in [0.1, 0.15) is 6.61 Å². The molecular weight excluding hydrogens is 156 g/mol. The fourth-order valence-electron chi connectivity index (χ4n) is 1.51. The first-order valence-corrected chi connectivity index (χ1v) is 4.43. The summed E-state index contributed by atoms with van der Waals surface area (Å²) < 4.78 is 4.84. The minimum Gasteiger partial charge on any atom is -0.448 e. The van der Waals surface area contributed by atoms with Crippen LogP contribution in [0, 0.1) is 0 Å². The maximum atomic E-state index is 11.1. The van der Waals surface area contributed by atoms with Gasteiger partial charge in [-0.25, -0.2) is 4.79 Å². The first kappa shape index (κ1) is 9.32. The van der Waals surface area contributed by atoms with Crippen LogP contribution in [0.15, 0.2) is 0 Å². The van der Waals surface area contributed by atoms with Gasteiger partial charge in [-0.2, -0.15) is 0 Å². The number of nitrogens with zero attached hydrogens (tertiary/aromatic N) is 1. The number of carbonyl (C=O) groups excluding carboxylic acids is 1. The number of hydrogen-bond donors (Lipinski definition) is 1. The molecule has 1 aliphatic heterocycles. The zero-order chi connectivity index (χ0) is 8.97. The van der Waals surface area contributed by atoms with Gasteiger partial charge in [0.15, 0.2) is 0 Å². The molecule has 2 N–H and O–H groups in total. The Kier molecular flexibility index (Phi) is 3.34. The molecule has 4 heteroatoms. The van der Waals surface area contributed by atoms with Gasteiger partial charge in [-0.15, -0.1) is 0 Å². The predicted molar refractivity (Wildman–Crippen MR) is 45.8 cm³/mol. The third-order valence-electron chi connectivity index (χ3n) is 2.20. The molecule has 12 heavy (non-hydrogen) atoms. The Morgan fingerprint density at radius 2 is 2.50 bits per heavy atom. The monoisotopic (exact) mass is 172 g/mol. The van der Waals surface area contributed by atoms with Crippen molar-refractivity contribution in [3.63, 3.8) is 0 Å². The summed E-state index contributed by atoms with van der Waals surface area (Å²) in [7, 11) is 0. The number of ether oxygens (including phenoxy) is 1. The van der Waals surface area contributed by atoms with E-state index in [9.17, 15) is 4.79 Å². The van der Waals surface area contributed by atoms with Crippen molar-refractivity contribution >= 4 is 6.09 Å². The summed E-state index contributed by atoms with van der Waals surface area (Å²) in [6.07, 6.45) is 1.63. The van der Waals surface area contributed by atoms with Gasteiger partial charge in [0.25, 0.3) is 0 Å². The highest BCUT2D eigenvalue weighted by molar-refractivity contribution is 5.69. The Bertz CT molecular complexity index is 161. The van der Waals surface area contributed by atoms with Crippen molar-refractivity contribution in [2.24, 2.45) is 5.73 Å². The Morgan fingerprint density at radius 1 is 1.75 bits per heavy atom. The van der Waals surface area contributed by atoms with E-state index in [1.54, 1.807) is 4.90 Å². The Balaban J connectivity index is 2.46. The lowest BCUT2D eigenvalue weighted by Gasteiger charge is -2.23. The number of cyclic esters (lactones) is 1.